The Morgan fingerprint density at radius 2 is 2.00 bits per heavy atom. The summed E-state index contributed by atoms with van der Waals surface area (Å²) in [5.74, 6) is 0. The number of hydrogen-bond acceptors (Lipinski definition) is 3. The zero-order valence-electron chi connectivity index (χ0n) is 5.01. The molecule has 0 bridgehead atoms. The van der Waals surface area contributed by atoms with E-state index in [0.717, 1.165) is 7.11 Å². The summed E-state index contributed by atoms with van der Waals surface area (Å²) >= 11 is 0. The molecule has 7 heteroatoms. The fraction of sp³-hybridized carbons (Fsp3) is 1.00. The fourth-order valence-corrected chi connectivity index (χ4v) is 0.536. The Kier molecular flexibility index (Phi) is 4.12. The summed E-state index contributed by atoms with van der Waals surface area (Å²) in [6.07, 6.45) is -4.45. The third-order valence-corrected chi connectivity index (χ3v) is 1.12. The molecule has 0 fully saturated rings. The van der Waals surface area contributed by atoms with E-state index in [1.165, 1.54) is 0 Å². The third kappa shape index (κ3) is 6.22. The molecule has 0 amide bonds. The van der Waals surface area contributed by atoms with Gasteiger partial charge in [-0.1, -0.05) is 0 Å². The van der Waals surface area contributed by atoms with Gasteiger partial charge in [0.05, 0.1) is 8.60 Å². The quantitative estimate of drug-likeness (QED) is 0.598. The number of alkyl halides is 3. The van der Waals surface area contributed by atoms with Crippen LogP contribution in [-0.4, -0.2) is 19.9 Å². The Bertz CT molecular complexity index is 95.5. The second-order valence-electron chi connectivity index (χ2n) is 1.29. The molecule has 0 radical (unpaired) electrons. The molecule has 0 aliphatic rings. The molecule has 1 atom stereocenters. The first-order valence-electron chi connectivity index (χ1n) is 2.17. The molecule has 0 saturated carbocycles. The molecule has 0 spiro atoms. The molecule has 0 aliphatic carbocycles. The number of hydrogen-bond donors (Lipinski definition) is 0. The van der Waals surface area contributed by atoms with Gasteiger partial charge in [-0.15, -0.1) is 0 Å². The minimum Gasteiger partial charge on any atom is -0.786 e. The van der Waals surface area contributed by atoms with E-state index in [1.54, 1.807) is 0 Å². The first-order chi connectivity index (χ1) is 4.45. The Hall–Kier alpha value is 0.100. The molecule has 10 heavy (non-hydrogen) atoms. The van der Waals surface area contributed by atoms with Crippen LogP contribution >= 0.6 is 8.60 Å². The topological polar surface area (TPSA) is 41.5 Å². The molecule has 0 heterocycles. The highest BCUT2D eigenvalue weighted by Crippen LogP contribution is 2.29. The smallest absolute Gasteiger partial charge is 0.412 e. The van der Waals surface area contributed by atoms with Crippen LogP contribution in [0.1, 0.15) is 0 Å². The minimum absolute atomic E-state index is 0.995. The normalized spacial score (nSPS) is 15.3. The molecule has 1 unspecified atom stereocenters. The van der Waals surface area contributed by atoms with Gasteiger partial charge in [-0.2, -0.15) is 13.2 Å². The summed E-state index contributed by atoms with van der Waals surface area (Å²) in [7, 11) is -1.62. The van der Waals surface area contributed by atoms with E-state index >= 15 is 0 Å². The summed E-state index contributed by atoms with van der Waals surface area (Å²) in [5.41, 5.74) is 0. The lowest BCUT2D eigenvalue weighted by Gasteiger charge is -2.19. The third-order valence-electron chi connectivity index (χ3n) is 0.483. The molecule has 0 N–H and O–H groups in total. The van der Waals surface area contributed by atoms with Gasteiger partial charge in [0, 0.05) is 7.11 Å². The zero-order chi connectivity index (χ0) is 8.20. The van der Waals surface area contributed by atoms with Crippen molar-refractivity contribution in [2.45, 2.75) is 6.18 Å². The van der Waals surface area contributed by atoms with Gasteiger partial charge in [0.1, 0.15) is 6.61 Å². The van der Waals surface area contributed by atoms with Crippen LogP contribution < -0.4 is 4.89 Å². The molecule has 0 aromatic rings. The van der Waals surface area contributed by atoms with Crippen molar-refractivity contribution in [2.75, 3.05) is 13.7 Å². The molecule has 0 aromatic heterocycles. The Morgan fingerprint density at radius 1 is 1.50 bits per heavy atom. The summed E-state index contributed by atoms with van der Waals surface area (Å²) in [4.78, 5) is 10.1. The average Bonchev–Trinajstić information content (AvgIpc) is 1.81. The van der Waals surface area contributed by atoms with Gasteiger partial charge < -0.3 is 13.9 Å². The van der Waals surface area contributed by atoms with Crippen molar-refractivity contribution < 1.29 is 27.1 Å². The predicted octanol–water partition coefficient (Wildman–Crippen LogP) is 0.799. The maximum absolute atomic E-state index is 11.2. The van der Waals surface area contributed by atoms with E-state index in [4.69, 9.17) is 0 Å². The second-order valence-corrected chi connectivity index (χ2v) is 2.37. The van der Waals surface area contributed by atoms with E-state index in [0.29, 0.717) is 0 Å². The monoisotopic (exact) mass is 177 g/mol. The molecular weight excluding hydrogens is 172 g/mol. The van der Waals surface area contributed by atoms with Crippen LogP contribution in [-0.2, 0) is 9.05 Å². The second kappa shape index (κ2) is 4.08. The van der Waals surface area contributed by atoms with E-state index in [2.05, 4.69) is 9.05 Å². The Labute approximate surface area is 56.7 Å². The maximum Gasteiger partial charge on any atom is 0.412 e. The summed E-state index contributed by atoms with van der Waals surface area (Å²) in [6, 6.07) is 0. The maximum atomic E-state index is 11.2. The number of rotatable bonds is 3. The SMILES string of the molecule is COP([O-])OCC(F)(F)F. The van der Waals surface area contributed by atoms with Crippen molar-refractivity contribution >= 4 is 8.60 Å². The van der Waals surface area contributed by atoms with Crippen LogP contribution in [0.4, 0.5) is 13.2 Å². The van der Waals surface area contributed by atoms with E-state index in [-0.39, 0.29) is 0 Å². The molecule has 0 aromatic carbocycles. The average molecular weight is 177 g/mol. The lowest BCUT2D eigenvalue weighted by Crippen LogP contribution is -2.17. The van der Waals surface area contributed by atoms with Crippen LogP contribution in [0.25, 0.3) is 0 Å². The molecular formula is C3H5F3O3P-. The fourth-order valence-electron chi connectivity index (χ4n) is 0.179. The van der Waals surface area contributed by atoms with Crippen LogP contribution in [0, 0.1) is 0 Å². The van der Waals surface area contributed by atoms with Gasteiger partial charge in [0.15, 0.2) is 0 Å². The minimum atomic E-state index is -4.45. The predicted molar refractivity (Wildman–Crippen MR) is 25.9 cm³/mol. The number of halogens is 3. The van der Waals surface area contributed by atoms with Crippen LogP contribution in [0.2, 0.25) is 0 Å². The van der Waals surface area contributed by atoms with Crippen LogP contribution in [0.3, 0.4) is 0 Å². The van der Waals surface area contributed by atoms with E-state index < -0.39 is 21.4 Å². The van der Waals surface area contributed by atoms with Gasteiger partial charge in [-0.3, -0.25) is 0 Å². The van der Waals surface area contributed by atoms with Crippen molar-refractivity contribution in [1.29, 1.82) is 0 Å². The summed E-state index contributed by atoms with van der Waals surface area (Å²) < 4.78 is 41.4. The van der Waals surface area contributed by atoms with Gasteiger partial charge in [0.2, 0.25) is 0 Å². The van der Waals surface area contributed by atoms with Crippen molar-refractivity contribution in [3.8, 4) is 0 Å². The van der Waals surface area contributed by atoms with Crippen LogP contribution in [0.5, 0.6) is 0 Å². The first kappa shape index (κ1) is 10.1. The highest BCUT2D eigenvalue weighted by atomic mass is 31.2. The van der Waals surface area contributed by atoms with Crippen molar-refractivity contribution in [3.63, 3.8) is 0 Å². The van der Waals surface area contributed by atoms with Gasteiger partial charge in [-0.05, 0) is 0 Å². The van der Waals surface area contributed by atoms with Gasteiger partial charge in [-0.25, -0.2) is 0 Å². The molecule has 62 valence electrons. The van der Waals surface area contributed by atoms with Crippen molar-refractivity contribution in [1.82, 2.24) is 0 Å². The highest BCUT2D eigenvalue weighted by Gasteiger charge is 2.27. The summed E-state index contributed by atoms with van der Waals surface area (Å²) in [6.45, 7) is -1.55. The highest BCUT2D eigenvalue weighted by molar-refractivity contribution is 7.38. The standard InChI is InChI=1S/C3H5F3O3P/c1-8-10(7)9-2-3(4,5)6/h2H2,1H3/q-1. The molecule has 0 aliphatic heterocycles. The zero-order valence-corrected chi connectivity index (χ0v) is 5.91. The van der Waals surface area contributed by atoms with Crippen molar-refractivity contribution in [2.24, 2.45) is 0 Å². The van der Waals surface area contributed by atoms with Crippen molar-refractivity contribution in [3.05, 3.63) is 0 Å². The lowest BCUT2D eigenvalue weighted by atomic mass is 10.7. The first-order valence-corrected chi connectivity index (χ1v) is 3.26. The van der Waals surface area contributed by atoms with Gasteiger partial charge >= 0.3 is 6.18 Å². The van der Waals surface area contributed by atoms with E-state index in [9.17, 15) is 18.1 Å². The summed E-state index contributed by atoms with van der Waals surface area (Å²) in [5, 5.41) is 0. The van der Waals surface area contributed by atoms with Crippen LogP contribution in [0.15, 0.2) is 0 Å². The lowest BCUT2D eigenvalue weighted by molar-refractivity contribution is -0.219. The molecule has 0 rings (SSSR count). The van der Waals surface area contributed by atoms with E-state index in [1.807, 2.05) is 0 Å². The Morgan fingerprint density at radius 3 is 2.30 bits per heavy atom. The Balaban J connectivity index is 3.36. The molecule has 0 saturated heterocycles. The molecule has 3 nitrogen and oxygen atoms in total. The van der Waals surface area contributed by atoms with Gasteiger partial charge in [0.25, 0.3) is 0 Å². The largest absolute Gasteiger partial charge is 0.786 e.